The first-order valence-electron chi connectivity index (χ1n) is 9.16. The highest BCUT2D eigenvalue weighted by Gasteiger charge is 2.44. The van der Waals surface area contributed by atoms with E-state index in [4.69, 9.17) is 5.11 Å². The zero-order valence-electron chi connectivity index (χ0n) is 15.0. The maximum Gasteiger partial charge on any atom is 0.356 e. The number of likely N-dealkylation sites (tertiary alicyclic amines) is 2. The van der Waals surface area contributed by atoms with E-state index in [-0.39, 0.29) is 22.7 Å². The van der Waals surface area contributed by atoms with Crippen LogP contribution in [0.15, 0.2) is 42.7 Å². The summed E-state index contributed by atoms with van der Waals surface area (Å²) in [5.41, 5.74) is 1.51. The second kappa shape index (κ2) is 7.08. The van der Waals surface area contributed by atoms with Gasteiger partial charge in [-0.3, -0.25) is 9.69 Å². The lowest BCUT2D eigenvalue weighted by Gasteiger charge is -2.24. The van der Waals surface area contributed by atoms with Crippen LogP contribution in [0.5, 0.6) is 0 Å². The van der Waals surface area contributed by atoms with Crippen molar-refractivity contribution in [1.82, 2.24) is 19.8 Å². The van der Waals surface area contributed by atoms with E-state index in [1.165, 1.54) is 11.8 Å². The summed E-state index contributed by atoms with van der Waals surface area (Å²) in [5.74, 6) is -1.32. The largest absolute Gasteiger partial charge is 0.476 e. The Bertz CT molecular complexity index is 840. The number of carboxylic acids is 1. The molecule has 1 amide bonds. The number of hydrogen-bond acceptors (Lipinski definition) is 5. The predicted octanol–water partition coefficient (Wildman–Crippen LogP) is 1.91. The van der Waals surface area contributed by atoms with Crippen LogP contribution in [0.2, 0.25) is 0 Å². The van der Waals surface area contributed by atoms with Gasteiger partial charge in [0.1, 0.15) is 5.69 Å². The molecule has 2 aromatic rings. The maximum absolute atomic E-state index is 12.7. The van der Waals surface area contributed by atoms with Gasteiger partial charge in [-0.2, -0.15) is 0 Å². The summed E-state index contributed by atoms with van der Waals surface area (Å²) in [5, 5.41) is 8.89. The van der Waals surface area contributed by atoms with E-state index in [2.05, 4.69) is 39.1 Å². The molecule has 3 heterocycles. The number of rotatable bonds is 4. The third-order valence-electron chi connectivity index (χ3n) is 5.58. The maximum atomic E-state index is 12.7. The predicted molar refractivity (Wildman–Crippen MR) is 98.3 cm³/mol. The van der Waals surface area contributed by atoms with Gasteiger partial charge in [-0.1, -0.05) is 30.3 Å². The number of amides is 1. The van der Waals surface area contributed by atoms with Gasteiger partial charge in [-0.25, -0.2) is 14.8 Å². The number of benzene rings is 1. The SMILES string of the molecule is O=C(O)c1cnc(C(=O)N2CCC3(CCN(Cc4ccccc4)C3)C2)cn1. The van der Waals surface area contributed by atoms with Gasteiger partial charge in [0.15, 0.2) is 5.69 Å². The molecule has 2 aliphatic rings. The van der Waals surface area contributed by atoms with Crippen LogP contribution < -0.4 is 0 Å². The molecule has 1 aromatic carbocycles. The minimum Gasteiger partial charge on any atom is -0.476 e. The number of nitrogens with zero attached hydrogens (tertiary/aromatic N) is 4. The fraction of sp³-hybridized carbons (Fsp3) is 0.400. The zero-order valence-corrected chi connectivity index (χ0v) is 15.0. The topological polar surface area (TPSA) is 86.6 Å². The quantitative estimate of drug-likeness (QED) is 0.890. The van der Waals surface area contributed by atoms with Crippen molar-refractivity contribution in [1.29, 1.82) is 0 Å². The van der Waals surface area contributed by atoms with Crippen molar-refractivity contribution in [2.24, 2.45) is 5.41 Å². The van der Waals surface area contributed by atoms with Crippen molar-refractivity contribution < 1.29 is 14.7 Å². The lowest BCUT2D eigenvalue weighted by Crippen LogP contribution is -2.34. The fourth-order valence-corrected chi connectivity index (χ4v) is 4.16. The average Bonchev–Trinajstić information content (AvgIpc) is 3.29. The van der Waals surface area contributed by atoms with Crippen molar-refractivity contribution in [3.63, 3.8) is 0 Å². The Kier molecular flexibility index (Phi) is 4.61. The zero-order chi connectivity index (χ0) is 18.9. The first kappa shape index (κ1) is 17.6. The molecular weight excluding hydrogens is 344 g/mol. The monoisotopic (exact) mass is 366 g/mol. The van der Waals surface area contributed by atoms with Crippen molar-refractivity contribution in [2.45, 2.75) is 19.4 Å². The van der Waals surface area contributed by atoms with Gasteiger partial charge in [0.25, 0.3) is 5.91 Å². The van der Waals surface area contributed by atoms with E-state index in [9.17, 15) is 9.59 Å². The van der Waals surface area contributed by atoms with Gasteiger partial charge in [0.05, 0.1) is 12.4 Å². The molecule has 27 heavy (non-hydrogen) atoms. The summed E-state index contributed by atoms with van der Waals surface area (Å²) in [4.78, 5) is 35.6. The van der Waals surface area contributed by atoms with Crippen molar-refractivity contribution >= 4 is 11.9 Å². The molecule has 2 aliphatic heterocycles. The summed E-state index contributed by atoms with van der Waals surface area (Å²) in [7, 11) is 0. The van der Waals surface area contributed by atoms with Gasteiger partial charge in [0.2, 0.25) is 0 Å². The second-order valence-corrected chi connectivity index (χ2v) is 7.51. The molecule has 0 aliphatic carbocycles. The molecule has 1 aromatic heterocycles. The first-order chi connectivity index (χ1) is 13.0. The Morgan fingerprint density at radius 1 is 1.00 bits per heavy atom. The summed E-state index contributed by atoms with van der Waals surface area (Å²) >= 11 is 0. The summed E-state index contributed by atoms with van der Waals surface area (Å²) in [6.45, 7) is 4.41. The van der Waals surface area contributed by atoms with Crippen molar-refractivity contribution in [2.75, 3.05) is 26.2 Å². The lowest BCUT2D eigenvalue weighted by molar-refractivity contribution is 0.0686. The molecule has 1 spiro atoms. The summed E-state index contributed by atoms with van der Waals surface area (Å²) in [6, 6.07) is 10.5. The minimum atomic E-state index is -1.15. The molecule has 1 N–H and O–H groups in total. The molecule has 1 unspecified atom stereocenters. The molecule has 0 saturated carbocycles. The molecule has 0 radical (unpaired) electrons. The summed E-state index contributed by atoms with van der Waals surface area (Å²) < 4.78 is 0. The fourth-order valence-electron chi connectivity index (χ4n) is 4.16. The van der Waals surface area contributed by atoms with Crippen LogP contribution in [-0.2, 0) is 6.54 Å². The van der Waals surface area contributed by atoms with E-state index in [1.54, 1.807) is 0 Å². The van der Waals surface area contributed by atoms with Gasteiger partial charge in [0, 0.05) is 31.6 Å². The highest BCUT2D eigenvalue weighted by molar-refractivity contribution is 5.93. The van der Waals surface area contributed by atoms with Crippen LogP contribution in [0.25, 0.3) is 0 Å². The second-order valence-electron chi connectivity index (χ2n) is 7.51. The van der Waals surface area contributed by atoms with Crippen LogP contribution in [0.1, 0.15) is 39.4 Å². The van der Waals surface area contributed by atoms with E-state index in [0.29, 0.717) is 6.54 Å². The Morgan fingerprint density at radius 3 is 2.41 bits per heavy atom. The minimum absolute atomic E-state index is 0.152. The first-order valence-corrected chi connectivity index (χ1v) is 9.16. The highest BCUT2D eigenvalue weighted by atomic mass is 16.4. The number of aromatic nitrogens is 2. The van der Waals surface area contributed by atoms with Gasteiger partial charge < -0.3 is 10.0 Å². The molecule has 1 atom stereocenters. The summed E-state index contributed by atoms with van der Waals surface area (Å²) in [6.07, 6.45) is 4.48. The molecule has 7 heteroatoms. The molecule has 4 rings (SSSR count). The number of carbonyl (C=O) groups is 2. The van der Waals surface area contributed by atoms with Crippen molar-refractivity contribution in [3.8, 4) is 0 Å². The number of aromatic carboxylic acids is 1. The Morgan fingerprint density at radius 2 is 1.70 bits per heavy atom. The lowest BCUT2D eigenvalue weighted by atomic mass is 9.86. The van der Waals surface area contributed by atoms with E-state index in [1.807, 2.05) is 11.0 Å². The van der Waals surface area contributed by atoms with Gasteiger partial charge in [-0.05, 0) is 24.9 Å². The molecule has 7 nitrogen and oxygen atoms in total. The Balaban J connectivity index is 1.38. The number of hydrogen-bond donors (Lipinski definition) is 1. The van der Waals surface area contributed by atoms with Gasteiger partial charge >= 0.3 is 5.97 Å². The van der Waals surface area contributed by atoms with Crippen LogP contribution in [0, 0.1) is 5.41 Å². The molecular formula is C20H22N4O3. The molecule has 2 fully saturated rings. The molecule has 140 valence electrons. The third-order valence-corrected chi connectivity index (χ3v) is 5.58. The molecule has 2 saturated heterocycles. The number of carbonyl (C=O) groups excluding carboxylic acids is 1. The standard InChI is InChI=1S/C20H22N4O3/c25-18(16-10-22-17(11-21-16)19(26)27)24-9-7-20(14-24)6-8-23(13-20)12-15-4-2-1-3-5-15/h1-5,10-11H,6-9,12-14H2,(H,26,27). The smallest absolute Gasteiger partial charge is 0.356 e. The normalized spacial score (nSPS) is 22.4. The highest BCUT2D eigenvalue weighted by Crippen LogP contribution is 2.40. The van der Waals surface area contributed by atoms with E-state index >= 15 is 0 Å². The van der Waals surface area contributed by atoms with Crippen LogP contribution >= 0.6 is 0 Å². The number of carboxylic acid groups (broad SMARTS) is 1. The van der Waals surface area contributed by atoms with Crippen LogP contribution in [0.3, 0.4) is 0 Å². The Hall–Kier alpha value is -2.80. The van der Waals surface area contributed by atoms with E-state index in [0.717, 1.165) is 45.2 Å². The average molecular weight is 366 g/mol. The van der Waals surface area contributed by atoms with Crippen LogP contribution in [-0.4, -0.2) is 62.9 Å². The van der Waals surface area contributed by atoms with Crippen molar-refractivity contribution in [3.05, 3.63) is 59.7 Å². The third kappa shape index (κ3) is 3.68. The van der Waals surface area contributed by atoms with Gasteiger partial charge in [-0.15, -0.1) is 0 Å². The molecule has 0 bridgehead atoms. The van der Waals surface area contributed by atoms with E-state index < -0.39 is 5.97 Å². The Labute approximate surface area is 157 Å². The van der Waals surface area contributed by atoms with Crippen LogP contribution in [0.4, 0.5) is 0 Å².